The van der Waals surface area contributed by atoms with Gasteiger partial charge in [0.2, 0.25) is 5.91 Å². The second-order valence-corrected chi connectivity index (χ2v) is 7.65. The summed E-state index contributed by atoms with van der Waals surface area (Å²) in [5.41, 5.74) is 4.71. The highest BCUT2D eigenvalue weighted by atomic mass is 16.5. The third-order valence-corrected chi connectivity index (χ3v) is 5.68. The molecular formula is C22H29N3O3. The number of benzene rings is 1. The standard InChI is InChI=1S/C22H29N3O3/c1-24-22(17-7-3-2-4-8-17)19-10-12-25(13-11-20(19)23-24)21(26)16-27-15-18-9-5-6-14-28-18/h2-4,7-8,18H,5-6,9-16H2,1H3. The number of nitrogens with zero attached hydrogens (tertiary/aromatic N) is 3. The highest BCUT2D eigenvalue weighted by molar-refractivity contribution is 5.77. The summed E-state index contributed by atoms with van der Waals surface area (Å²) in [7, 11) is 2.00. The summed E-state index contributed by atoms with van der Waals surface area (Å²) in [5.74, 6) is 0.0617. The summed E-state index contributed by atoms with van der Waals surface area (Å²) >= 11 is 0. The quantitative estimate of drug-likeness (QED) is 0.796. The lowest BCUT2D eigenvalue weighted by atomic mass is 10.0. The third kappa shape index (κ3) is 4.28. The van der Waals surface area contributed by atoms with Crippen LogP contribution in [0.2, 0.25) is 0 Å². The van der Waals surface area contributed by atoms with Gasteiger partial charge >= 0.3 is 0 Å². The first-order chi connectivity index (χ1) is 13.7. The molecule has 2 aliphatic rings. The second kappa shape index (κ2) is 8.88. The third-order valence-electron chi connectivity index (χ3n) is 5.68. The van der Waals surface area contributed by atoms with Gasteiger partial charge in [0.05, 0.1) is 24.1 Å². The molecule has 1 fully saturated rings. The number of carbonyl (C=O) groups excluding carboxylic acids is 1. The van der Waals surface area contributed by atoms with Crippen LogP contribution in [0.4, 0.5) is 0 Å². The molecular weight excluding hydrogens is 354 g/mol. The maximum Gasteiger partial charge on any atom is 0.248 e. The van der Waals surface area contributed by atoms with E-state index >= 15 is 0 Å². The van der Waals surface area contributed by atoms with Gasteiger partial charge in [-0.3, -0.25) is 9.48 Å². The molecule has 1 atom stereocenters. The van der Waals surface area contributed by atoms with Crippen LogP contribution in [-0.4, -0.2) is 59.6 Å². The number of aryl methyl sites for hydroxylation is 1. The van der Waals surface area contributed by atoms with Crippen molar-refractivity contribution in [3.05, 3.63) is 41.6 Å². The second-order valence-electron chi connectivity index (χ2n) is 7.65. The molecule has 6 nitrogen and oxygen atoms in total. The molecule has 0 bridgehead atoms. The van der Waals surface area contributed by atoms with E-state index < -0.39 is 0 Å². The van der Waals surface area contributed by atoms with Crippen molar-refractivity contribution in [3.8, 4) is 11.3 Å². The highest BCUT2D eigenvalue weighted by Gasteiger charge is 2.24. The fourth-order valence-corrected chi connectivity index (χ4v) is 4.20. The minimum atomic E-state index is 0.0617. The Morgan fingerprint density at radius 1 is 1.21 bits per heavy atom. The fraction of sp³-hybridized carbons (Fsp3) is 0.545. The van der Waals surface area contributed by atoms with Crippen LogP contribution in [0.5, 0.6) is 0 Å². The SMILES string of the molecule is Cn1nc2c(c1-c1ccccc1)CCN(C(=O)COCC1CCCCO1)CC2. The van der Waals surface area contributed by atoms with Crippen molar-refractivity contribution >= 4 is 5.91 Å². The lowest BCUT2D eigenvalue weighted by molar-refractivity contribution is -0.138. The van der Waals surface area contributed by atoms with Gasteiger partial charge in [0.25, 0.3) is 0 Å². The van der Waals surface area contributed by atoms with Crippen molar-refractivity contribution in [2.24, 2.45) is 7.05 Å². The van der Waals surface area contributed by atoms with Crippen LogP contribution in [0.25, 0.3) is 11.3 Å². The molecule has 1 saturated heterocycles. The summed E-state index contributed by atoms with van der Waals surface area (Å²) in [4.78, 5) is 14.5. The summed E-state index contributed by atoms with van der Waals surface area (Å²) < 4.78 is 13.3. The van der Waals surface area contributed by atoms with Gasteiger partial charge in [-0.05, 0) is 25.7 Å². The first kappa shape index (κ1) is 19.2. The average molecular weight is 383 g/mol. The fourth-order valence-electron chi connectivity index (χ4n) is 4.20. The minimum absolute atomic E-state index is 0.0617. The lowest BCUT2D eigenvalue weighted by Crippen LogP contribution is -2.37. The molecule has 1 unspecified atom stereocenters. The van der Waals surface area contributed by atoms with E-state index in [1.807, 2.05) is 22.7 Å². The van der Waals surface area contributed by atoms with E-state index in [0.29, 0.717) is 19.7 Å². The Hall–Kier alpha value is -2.18. The summed E-state index contributed by atoms with van der Waals surface area (Å²) in [5, 5.41) is 4.74. The predicted octanol–water partition coefficient (Wildman–Crippen LogP) is 2.60. The van der Waals surface area contributed by atoms with Crippen LogP contribution in [0.1, 0.15) is 30.5 Å². The Labute approximate surface area is 166 Å². The largest absolute Gasteiger partial charge is 0.376 e. The smallest absolute Gasteiger partial charge is 0.248 e. The van der Waals surface area contributed by atoms with Crippen LogP contribution in [0.15, 0.2) is 30.3 Å². The number of aromatic nitrogens is 2. The van der Waals surface area contributed by atoms with Crippen molar-refractivity contribution in [2.75, 3.05) is 32.9 Å². The number of fused-ring (bicyclic) bond motifs is 1. The molecule has 0 radical (unpaired) electrons. The molecule has 4 rings (SSSR count). The summed E-state index contributed by atoms with van der Waals surface area (Å²) in [6, 6.07) is 10.4. The zero-order chi connectivity index (χ0) is 19.3. The predicted molar refractivity (Wildman–Crippen MR) is 107 cm³/mol. The van der Waals surface area contributed by atoms with E-state index in [0.717, 1.165) is 43.7 Å². The zero-order valence-corrected chi connectivity index (χ0v) is 16.6. The number of hydrogen-bond donors (Lipinski definition) is 0. The molecule has 1 amide bonds. The van der Waals surface area contributed by atoms with Crippen LogP contribution in [0, 0.1) is 0 Å². The Balaban J connectivity index is 1.35. The van der Waals surface area contributed by atoms with E-state index in [9.17, 15) is 4.79 Å². The summed E-state index contributed by atoms with van der Waals surface area (Å²) in [6.07, 6.45) is 5.10. The van der Waals surface area contributed by atoms with Gasteiger partial charge < -0.3 is 14.4 Å². The first-order valence-corrected chi connectivity index (χ1v) is 10.3. The van der Waals surface area contributed by atoms with Crippen molar-refractivity contribution in [3.63, 3.8) is 0 Å². The zero-order valence-electron chi connectivity index (χ0n) is 16.6. The van der Waals surface area contributed by atoms with Crippen LogP contribution in [-0.2, 0) is 34.2 Å². The van der Waals surface area contributed by atoms with Crippen molar-refractivity contribution in [1.82, 2.24) is 14.7 Å². The van der Waals surface area contributed by atoms with Crippen molar-refractivity contribution < 1.29 is 14.3 Å². The number of ether oxygens (including phenoxy) is 2. The Bertz CT molecular complexity index is 797. The maximum absolute atomic E-state index is 12.6. The Morgan fingerprint density at radius 3 is 2.82 bits per heavy atom. The molecule has 1 aromatic carbocycles. The topological polar surface area (TPSA) is 56.6 Å². The number of rotatable bonds is 5. The van der Waals surface area contributed by atoms with Gasteiger partial charge in [0.1, 0.15) is 6.61 Å². The normalized spacial score (nSPS) is 19.9. The van der Waals surface area contributed by atoms with Crippen LogP contribution in [0.3, 0.4) is 0 Å². The Kier molecular flexibility index (Phi) is 6.07. The van der Waals surface area contributed by atoms with Gasteiger partial charge in [-0.25, -0.2) is 0 Å². The van der Waals surface area contributed by atoms with E-state index in [1.54, 1.807) is 0 Å². The number of carbonyl (C=O) groups is 1. The van der Waals surface area contributed by atoms with Gasteiger partial charge in [-0.15, -0.1) is 0 Å². The van der Waals surface area contributed by atoms with Crippen LogP contribution < -0.4 is 0 Å². The molecule has 150 valence electrons. The van der Waals surface area contributed by atoms with Gasteiger partial charge in [0.15, 0.2) is 0 Å². The number of hydrogen-bond acceptors (Lipinski definition) is 4. The van der Waals surface area contributed by atoms with E-state index in [2.05, 4.69) is 24.3 Å². The van der Waals surface area contributed by atoms with E-state index in [4.69, 9.17) is 14.6 Å². The molecule has 2 aromatic rings. The van der Waals surface area contributed by atoms with Gasteiger partial charge in [0, 0.05) is 44.3 Å². The molecule has 28 heavy (non-hydrogen) atoms. The molecule has 2 aliphatic heterocycles. The van der Waals surface area contributed by atoms with Crippen LogP contribution >= 0.6 is 0 Å². The molecule has 3 heterocycles. The van der Waals surface area contributed by atoms with Crippen molar-refractivity contribution in [2.45, 2.75) is 38.2 Å². The molecule has 0 spiro atoms. The average Bonchev–Trinajstić information content (AvgIpc) is 2.90. The first-order valence-electron chi connectivity index (χ1n) is 10.3. The highest BCUT2D eigenvalue weighted by Crippen LogP contribution is 2.28. The van der Waals surface area contributed by atoms with Crippen molar-refractivity contribution in [1.29, 1.82) is 0 Å². The maximum atomic E-state index is 12.6. The molecule has 1 aromatic heterocycles. The molecule has 6 heteroatoms. The molecule has 0 N–H and O–H groups in total. The number of amides is 1. The van der Waals surface area contributed by atoms with Gasteiger partial charge in [-0.2, -0.15) is 5.10 Å². The van der Waals surface area contributed by atoms with E-state index in [1.165, 1.54) is 17.5 Å². The minimum Gasteiger partial charge on any atom is -0.376 e. The molecule has 0 aliphatic carbocycles. The monoisotopic (exact) mass is 383 g/mol. The Morgan fingerprint density at radius 2 is 2.04 bits per heavy atom. The van der Waals surface area contributed by atoms with Gasteiger partial charge in [-0.1, -0.05) is 30.3 Å². The summed E-state index contributed by atoms with van der Waals surface area (Å²) in [6.45, 7) is 2.86. The lowest BCUT2D eigenvalue weighted by Gasteiger charge is -2.24. The molecule has 0 saturated carbocycles. The van der Waals surface area contributed by atoms with E-state index in [-0.39, 0.29) is 18.6 Å².